The first-order chi connectivity index (χ1) is 4.93. The molecule has 0 aliphatic carbocycles. The van der Waals surface area contributed by atoms with E-state index in [2.05, 4.69) is 29.3 Å². The van der Waals surface area contributed by atoms with Crippen LogP contribution in [0.4, 0.5) is 0 Å². The minimum atomic E-state index is 1.24. The van der Waals surface area contributed by atoms with Crippen LogP contribution >= 0.6 is 11.8 Å². The van der Waals surface area contributed by atoms with E-state index >= 15 is 0 Å². The molecular formula is C7H18N2S. The first-order valence-corrected chi connectivity index (χ1v) is 4.97. The van der Waals surface area contributed by atoms with E-state index in [0.29, 0.717) is 0 Å². The van der Waals surface area contributed by atoms with Crippen LogP contribution in [0.25, 0.3) is 0 Å². The summed E-state index contributed by atoms with van der Waals surface area (Å²) in [7, 11) is 1.50. The SMILES string of the molecule is CCN1CCSCC1.CN. The highest BCUT2D eigenvalue weighted by Crippen LogP contribution is 2.07. The van der Waals surface area contributed by atoms with E-state index in [9.17, 15) is 0 Å². The first kappa shape index (κ1) is 10.3. The van der Waals surface area contributed by atoms with Crippen molar-refractivity contribution < 1.29 is 0 Å². The summed E-state index contributed by atoms with van der Waals surface area (Å²) >= 11 is 2.07. The summed E-state index contributed by atoms with van der Waals surface area (Å²) in [6.45, 7) is 6.08. The third-order valence-electron chi connectivity index (χ3n) is 1.55. The van der Waals surface area contributed by atoms with E-state index in [1.807, 2.05) is 0 Å². The molecule has 0 radical (unpaired) electrons. The fourth-order valence-electron chi connectivity index (χ4n) is 0.917. The monoisotopic (exact) mass is 162 g/mol. The molecule has 10 heavy (non-hydrogen) atoms. The number of hydrogen-bond acceptors (Lipinski definition) is 3. The summed E-state index contributed by atoms with van der Waals surface area (Å²) in [6, 6.07) is 0. The third kappa shape index (κ3) is 4.14. The fourth-order valence-corrected chi connectivity index (χ4v) is 1.90. The van der Waals surface area contributed by atoms with Crippen LogP contribution < -0.4 is 5.73 Å². The Morgan fingerprint density at radius 1 is 1.30 bits per heavy atom. The normalized spacial score (nSPS) is 19.5. The van der Waals surface area contributed by atoms with Gasteiger partial charge in [-0.2, -0.15) is 11.8 Å². The molecule has 0 aromatic heterocycles. The van der Waals surface area contributed by atoms with Gasteiger partial charge in [0.25, 0.3) is 0 Å². The van der Waals surface area contributed by atoms with Crippen molar-refractivity contribution in [3.05, 3.63) is 0 Å². The largest absolute Gasteiger partial charge is 0.333 e. The van der Waals surface area contributed by atoms with Gasteiger partial charge in [0.1, 0.15) is 0 Å². The van der Waals surface area contributed by atoms with Gasteiger partial charge in [-0.05, 0) is 13.6 Å². The smallest absolute Gasteiger partial charge is 0.00726 e. The lowest BCUT2D eigenvalue weighted by atomic mass is 10.5. The zero-order chi connectivity index (χ0) is 7.82. The summed E-state index contributed by atoms with van der Waals surface area (Å²) < 4.78 is 0. The highest BCUT2D eigenvalue weighted by molar-refractivity contribution is 7.99. The predicted octanol–water partition coefficient (Wildman–Crippen LogP) is 0.630. The van der Waals surface area contributed by atoms with Crippen LogP contribution in [0.5, 0.6) is 0 Å². The van der Waals surface area contributed by atoms with Gasteiger partial charge in [0.2, 0.25) is 0 Å². The second kappa shape index (κ2) is 7.38. The number of rotatable bonds is 1. The van der Waals surface area contributed by atoms with Crippen LogP contribution in [-0.4, -0.2) is 43.1 Å². The molecule has 0 aromatic carbocycles. The lowest BCUT2D eigenvalue weighted by Crippen LogP contribution is -2.31. The van der Waals surface area contributed by atoms with Crippen molar-refractivity contribution in [1.29, 1.82) is 0 Å². The van der Waals surface area contributed by atoms with E-state index in [4.69, 9.17) is 0 Å². The maximum absolute atomic E-state index is 4.50. The van der Waals surface area contributed by atoms with Gasteiger partial charge in [0.15, 0.2) is 0 Å². The summed E-state index contributed by atoms with van der Waals surface area (Å²) in [5.74, 6) is 2.68. The molecule has 3 heteroatoms. The zero-order valence-electron chi connectivity index (χ0n) is 6.97. The Morgan fingerprint density at radius 2 is 1.80 bits per heavy atom. The van der Waals surface area contributed by atoms with Gasteiger partial charge in [-0.3, -0.25) is 0 Å². The molecule has 0 bridgehead atoms. The van der Waals surface area contributed by atoms with Crippen molar-refractivity contribution in [3.63, 3.8) is 0 Å². The van der Waals surface area contributed by atoms with Crippen LogP contribution in [0.2, 0.25) is 0 Å². The Kier molecular flexibility index (Phi) is 7.58. The van der Waals surface area contributed by atoms with Crippen molar-refractivity contribution in [2.75, 3.05) is 38.2 Å². The number of thioether (sulfide) groups is 1. The number of hydrogen-bond donors (Lipinski definition) is 1. The Hall–Kier alpha value is 0.270. The molecule has 0 spiro atoms. The minimum absolute atomic E-state index is 1.24. The summed E-state index contributed by atoms with van der Waals surface area (Å²) in [4.78, 5) is 2.50. The highest BCUT2D eigenvalue weighted by Gasteiger charge is 2.05. The maximum atomic E-state index is 4.50. The molecule has 1 aliphatic rings. The first-order valence-electron chi connectivity index (χ1n) is 3.81. The molecule has 0 unspecified atom stereocenters. The van der Waals surface area contributed by atoms with Crippen LogP contribution in [0.15, 0.2) is 0 Å². The number of nitrogens with two attached hydrogens (primary N) is 1. The highest BCUT2D eigenvalue weighted by atomic mass is 32.2. The Labute approximate surface area is 68.2 Å². The Morgan fingerprint density at radius 3 is 2.10 bits per heavy atom. The predicted molar refractivity (Wildman–Crippen MR) is 49.6 cm³/mol. The average molecular weight is 162 g/mol. The van der Waals surface area contributed by atoms with Gasteiger partial charge in [-0.25, -0.2) is 0 Å². The van der Waals surface area contributed by atoms with E-state index in [1.54, 1.807) is 0 Å². The molecule has 1 saturated heterocycles. The van der Waals surface area contributed by atoms with Gasteiger partial charge < -0.3 is 10.6 Å². The van der Waals surface area contributed by atoms with Crippen LogP contribution in [0, 0.1) is 0 Å². The molecule has 2 nitrogen and oxygen atoms in total. The van der Waals surface area contributed by atoms with E-state index in [0.717, 1.165) is 0 Å². The molecule has 1 fully saturated rings. The van der Waals surface area contributed by atoms with Gasteiger partial charge >= 0.3 is 0 Å². The molecule has 2 N–H and O–H groups in total. The van der Waals surface area contributed by atoms with Crippen LogP contribution in [-0.2, 0) is 0 Å². The Balaban J connectivity index is 0.000000371. The molecule has 1 rings (SSSR count). The Bertz CT molecular complexity index is 62.6. The van der Waals surface area contributed by atoms with Crippen molar-refractivity contribution in [2.24, 2.45) is 5.73 Å². The average Bonchev–Trinajstić information content (AvgIpc) is 2.10. The standard InChI is InChI=1S/C6H13NS.CH5N/c1-2-7-3-5-8-6-4-7;1-2/h2-6H2,1H3;2H2,1H3. The summed E-state index contributed by atoms with van der Waals surface area (Å²) in [6.07, 6.45) is 0. The molecule has 0 atom stereocenters. The molecule has 0 amide bonds. The van der Waals surface area contributed by atoms with Crippen molar-refractivity contribution in [3.8, 4) is 0 Å². The van der Waals surface area contributed by atoms with Crippen molar-refractivity contribution >= 4 is 11.8 Å². The van der Waals surface area contributed by atoms with E-state index in [1.165, 1.54) is 38.2 Å². The second-order valence-electron chi connectivity index (χ2n) is 2.05. The van der Waals surface area contributed by atoms with Crippen molar-refractivity contribution in [2.45, 2.75) is 6.92 Å². The lowest BCUT2D eigenvalue weighted by Gasteiger charge is -2.23. The molecule has 1 heterocycles. The van der Waals surface area contributed by atoms with Crippen LogP contribution in [0.1, 0.15) is 6.92 Å². The third-order valence-corrected chi connectivity index (χ3v) is 2.49. The van der Waals surface area contributed by atoms with Gasteiger partial charge in [-0.1, -0.05) is 6.92 Å². The molecule has 0 saturated carbocycles. The van der Waals surface area contributed by atoms with Gasteiger partial charge in [-0.15, -0.1) is 0 Å². The molecular weight excluding hydrogens is 144 g/mol. The summed E-state index contributed by atoms with van der Waals surface area (Å²) in [5, 5.41) is 0. The topological polar surface area (TPSA) is 29.3 Å². The molecule has 0 aromatic rings. The van der Waals surface area contributed by atoms with E-state index in [-0.39, 0.29) is 0 Å². The maximum Gasteiger partial charge on any atom is 0.00726 e. The quantitative estimate of drug-likeness (QED) is 0.613. The lowest BCUT2D eigenvalue weighted by molar-refractivity contribution is 0.320. The van der Waals surface area contributed by atoms with Gasteiger partial charge in [0.05, 0.1) is 0 Å². The van der Waals surface area contributed by atoms with Crippen molar-refractivity contribution in [1.82, 2.24) is 4.90 Å². The molecule has 1 aliphatic heterocycles. The van der Waals surface area contributed by atoms with Crippen LogP contribution in [0.3, 0.4) is 0 Å². The molecule has 62 valence electrons. The summed E-state index contributed by atoms with van der Waals surface area (Å²) in [5.41, 5.74) is 4.50. The number of nitrogens with zero attached hydrogens (tertiary/aromatic N) is 1. The fraction of sp³-hybridized carbons (Fsp3) is 1.00. The van der Waals surface area contributed by atoms with Gasteiger partial charge in [0, 0.05) is 24.6 Å². The minimum Gasteiger partial charge on any atom is -0.333 e. The van der Waals surface area contributed by atoms with E-state index < -0.39 is 0 Å². The zero-order valence-corrected chi connectivity index (χ0v) is 7.78. The second-order valence-corrected chi connectivity index (χ2v) is 3.27.